The maximum absolute atomic E-state index is 14.0. The summed E-state index contributed by atoms with van der Waals surface area (Å²) in [5, 5.41) is 7.28. The number of hydrogen-bond acceptors (Lipinski definition) is 3. The van der Waals surface area contributed by atoms with Crippen molar-refractivity contribution in [2.24, 2.45) is 7.05 Å². The smallest absolute Gasteiger partial charge is 0.249 e. The van der Waals surface area contributed by atoms with Gasteiger partial charge in [-0.05, 0) is 47.9 Å². The van der Waals surface area contributed by atoms with Crippen LogP contribution in [-0.4, -0.2) is 22.4 Å². The van der Waals surface area contributed by atoms with E-state index < -0.39 is 6.04 Å². The van der Waals surface area contributed by atoms with Gasteiger partial charge in [0.15, 0.2) is 6.04 Å². The lowest BCUT2D eigenvalue weighted by atomic mass is 9.95. The highest BCUT2D eigenvalue weighted by Crippen LogP contribution is 2.35. The quantitative estimate of drug-likeness (QED) is 0.349. The van der Waals surface area contributed by atoms with Gasteiger partial charge in [0.1, 0.15) is 0 Å². The van der Waals surface area contributed by atoms with Gasteiger partial charge in [-0.2, -0.15) is 0 Å². The van der Waals surface area contributed by atoms with Gasteiger partial charge in [-0.1, -0.05) is 61.7 Å². The van der Waals surface area contributed by atoms with Gasteiger partial charge >= 0.3 is 0 Å². The van der Waals surface area contributed by atoms with Crippen LogP contribution in [0, 0.1) is 0 Å². The molecule has 0 radical (unpaired) electrons. The van der Waals surface area contributed by atoms with Crippen LogP contribution in [0.5, 0.6) is 0 Å². The van der Waals surface area contributed by atoms with Crippen molar-refractivity contribution in [2.45, 2.75) is 50.6 Å². The minimum absolute atomic E-state index is 0.0891. The highest BCUT2D eigenvalue weighted by atomic mass is 32.1. The summed E-state index contributed by atoms with van der Waals surface area (Å²) < 4.78 is 1.95. The van der Waals surface area contributed by atoms with E-state index in [0.29, 0.717) is 0 Å². The van der Waals surface area contributed by atoms with Crippen LogP contribution < -0.4 is 10.2 Å². The largest absolute Gasteiger partial charge is 0.352 e. The average Bonchev–Trinajstić information content (AvgIpc) is 3.54. The molecule has 1 aliphatic rings. The molecule has 1 fully saturated rings. The number of hydrogen-bond donors (Lipinski definition) is 1. The van der Waals surface area contributed by atoms with E-state index >= 15 is 0 Å². The molecule has 5 nitrogen and oxygen atoms in total. The number of thiophene rings is 1. The van der Waals surface area contributed by atoms with Crippen molar-refractivity contribution in [3.05, 3.63) is 88.9 Å². The summed E-state index contributed by atoms with van der Waals surface area (Å²) in [6.45, 7) is 0. The van der Waals surface area contributed by atoms with Crippen molar-refractivity contribution in [1.82, 2.24) is 9.88 Å². The minimum atomic E-state index is -0.768. The number of fused-ring (bicyclic) bond motifs is 1. The van der Waals surface area contributed by atoms with Gasteiger partial charge in [0.2, 0.25) is 11.8 Å². The highest BCUT2D eigenvalue weighted by Gasteiger charge is 2.36. The molecule has 1 aliphatic carbocycles. The van der Waals surface area contributed by atoms with Crippen molar-refractivity contribution >= 4 is 39.6 Å². The molecule has 5 rings (SSSR count). The van der Waals surface area contributed by atoms with Gasteiger partial charge in [0.25, 0.3) is 0 Å². The van der Waals surface area contributed by atoms with E-state index in [9.17, 15) is 9.59 Å². The minimum Gasteiger partial charge on any atom is -0.352 e. The summed E-state index contributed by atoms with van der Waals surface area (Å²) in [4.78, 5) is 30.8. The molecule has 0 saturated heterocycles. The zero-order chi connectivity index (χ0) is 24.2. The van der Waals surface area contributed by atoms with E-state index in [1.54, 1.807) is 16.2 Å². The fourth-order valence-electron chi connectivity index (χ4n) is 5.15. The number of anilines is 1. The van der Waals surface area contributed by atoms with Gasteiger partial charge in [-0.25, -0.2) is 0 Å². The Morgan fingerprint density at radius 3 is 2.54 bits per heavy atom. The van der Waals surface area contributed by atoms with Crippen LogP contribution in [0.4, 0.5) is 5.69 Å². The van der Waals surface area contributed by atoms with Gasteiger partial charge < -0.3 is 9.88 Å². The third kappa shape index (κ3) is 5.03. The first-order valence-electron chi connectivity index (χ1n) is 12.4. The number of aryl methyl sites for hydroxylation is 1. The molecule has 2 heterocycles. The van der Waals surface area contributed by atoms with Crippen LogP contribution in [-0.2, 0) is 23.1 Å². The van der Waals surface area contributed by atoms with Gasteiger partial charge in [0, 0.05) is 29.5 Å². The van der Waals surface area contributed by atoms with Crippen molar-refractivity contribution in [1.29, 1.82) is 0 Å². The van der Waals surface area contributed by atoms with Gasteiger partial charge in [-0.3, -0.25) is 14.5 Å². The van der Waals surface area contributed by atoms with E-state index in [0.717, 1.165) is 52.7 Å². The molecule has 0 spiro atoms. The molecule has 35 heavy (non-hydrogen) atoms. The maximum atomic E-state index is 14.0. The van der Waals surface area contributed by atoms with Crippen molar-refractivity contribution < 1.29 is 9.59 Å². The van der Waals surface area contributed by atoms with Crippen molar-refractivity contribution in [3.8, 4) is 0 Å². The summed E-state index contributed by atoms with van der Waals surface area (Å²) in [5.74, 6) is -0.208. The number of carbonyl (C=O) groups is 2. The Morgan fingerprint density at radius 1 is 1.00 bits per heavy atom. The zero-order valence-electron chi connectivity index (χ0n) is 20.0. The molecule has 6 heteroatoms. The third-order valence-corrected chi connectivity index (χ3v) is 7.80. The predicted octanol–water partition coefficient (Wildman–Crippen LogP) is 6.01. The van der Waals surface area contributed by atoms with Gasteiger partial charge in [-0.15, -0.1) is 11.3 Å². The predicted molar refractivity (Wildman–Crippen MR) is 143 cm³/mol. The molecule has 2 amide bonds. The van der Waals surface area contributed by atoms with E-state index in [2.05, 4.69) is 5.32 Å². The van der Waals surface area contributed by atoms with Crippen LogP contribution >= 0.6 is 11.3 Å². The lowest BCUT2D eigenvalue weighted by molar-refractivity contribution is -0.127. The molecule has 2 aromatic heterocycles. The van der Waals surface area contributed by atoms with Gasteiger partial charge in [0.05, 0.1) is 17.8 Å². The first kappa shape index (κ1) is 23.4. The van der Waals surface area contributed by atoms with E-state index in [1.165, 1.54) is 6.42 Å². The lowest BCUT2D eigenvalue weighted by Crippen LogP contribution is -2.48. The second-order valence-corrected chi connectivity index (χ2v) is 10.3. The number of benzene rings is 2. The molecular weight excluding hydrogens is 454 g/mol. The highest BCUT2D eigenvalue weighted by molar-refractivity contribution is 7.10. The fraction of sp³-hybridized carbons (Fsp3) is 0.310. The monoisotopic (exact) mass is 485 g/mol. The number of nitrogens with one attached hydrogen (secondary N) is 1. The Balaban J connectivity index is 1.62. The second-order valence-electron chi connectivity index (χ2n) is 9.31. The first-order chi connectivity index (χ1) is 17.1. The topological polar surface area (TPSA) is 54.3 Å². The van der Waals surface area contributed by atoms with E-state index in [4.69, 9.17) is 0 Å². The fourth-order valence-corrected chi connectivity index (χ4v) is 5.85. The Kier molecular flexibility index (Phi) is 7.00. The Labute approximate surface area is 210 Å². The first-order valence-corrected chi connectivity index (χ1v) is 13.2. The molecule has 1 atom stereocenters. The van der Waals surface area contributed by atoms with E-state index in [-0.39, 0.29) is 24.3 Å². The summed E-state index contributed by atoms with van der Waals surface area (Å²) >= 11 is 1.56. The standard InChI is InChI=1S/C29H31N3O2S/c1-31-18-8-17-26(31)28(29(34)30-22-12-3-2-4-13-22)32(27(33)20-23-14-9-19-35-23)25-16-7-11-21-10-5-6-15-24(21)25/h5-11,14-19,22,28H,2-4,12-13,20H2,1H3,(H,30,34). The van der Waals surface area contributed by atoms with E-state index in [1.807, 2.05) is 89.9 Å². The summed E-state index contributed by atoms with van der Waals surface area (Å²) in [6.07, 6.45) is 7.63. The Morgan fingerprint density at radius 2 is 1.80 bits per heavy atom. The summed E-state index contributed by atoms with van der Waals surface area (Å²) in [7, 11) is 1.93. The molecule has 180 valence electrons. The molecule has 4 aromatic rings. The van der Waals surface area contributed by atoms with Crippen LogP contribution in [0.1, 0.15) is 48.7 Å². The van der Waals surface area contributed by atoms with Crippen LogP contribution in [0.25, 0.3) is 10.8 Å². The Hall–Kier alpha value is -3.38. The number of amides is 2. The van der Waals surface area contributed by atoms with Crippen LogP contribution in [0.2, 0.25) is 0 Å². The normalized spacial score (nSPS) is 15.1. The van der Waals surface area contributed by atoms with Crippen LogP contribution in [0.3, 0.4) is 0 Å². The molecule has 1 saturated carbocycles. The average molecular weight is 486 g/mol. The van der Waals surface area contributed by atoms with Crippen LogP contribution in [0.15, 0.2) is 78.3 Å². The number of aromatic nitrogens is 1. The number of nitrogens with zero attached hydrogens (tertiary/aromatic N) is 2. The number of carbonyl (C=O) groups excluding carboxylic acids is 2. The third-order valence-electron chi connectivity index (χ3n) is 6.92. The molecule has 1 unspecified atom stereocenters. The lowest BCUT2D eigenvalue weighted by Gasteiger charge is -2.34. The zero-order valence-corrected chi connectivity index (χ0v) is 20.8. The SMILES string of the molecule is Cn1cccc1C(C(=O)NC1CCCCC1)N(C(=O)Cc1cccs1)c1cccc2ccccc12. The molecule has 0 bridgehead atoms. The summed E-state index contributed by atoms with van der Waals surface area (Å²) in [6, 6.07) is 21.2. The number of rotatable bonds is 7. The molecule has 1 N–H and O–H groups in total. The maximum Gasteiger partial charge on any atom is 0.249 e. The Bertz CT molecular complexity index is 1300. The molecule has 2 aromatic carbocycles. The molecular formula is C29H31N3O2S. The summed E-state index contributed by atoms with van der Waals surface area (Å²) in [5.41, 5.74) is 1.56. The molecule has 0 aliphatic heterocycles. The second kappa shape index (κ2) is 10.5. The van der Waals surface area contributed by atoms with Crippen molar-refractivity contribution in [3.63, 3.8) is 0 Å². The van der Waals surface area contributed by atoms with Crippen molar-refractivity contribution in [2.75, 3.05) is 4.90 Å².